The molecule has 2 N–H and O–H groups in total. The fourth-order valence-electron chi connectivity index (χ4n) is 2.34. The summed E-state index contributed by atoms with van der Waals surface area (Å²) in [6.07, 6.45) is 2.77. The topological polar surface area (TPSA) is 104 Å². The summed E-state index contributed by atoms with van der Waals surface area (Å²) in [5, 5.41) is 11.4. The fourth-order valence-corrected chi connectivity index (χ4v) is 2.79. The molecule has 0 saturated carbocycles. The van der Waals surface area contributed by atoms with E-state index in [0.717, 1.165) is 19.1 Å². The molecule has 21 heavy (non-hydrogen) atoms. The minimum Gasteiger partial charge on any atom is -0.480 e. The Balaban J connectivity index is 2.64. The van der Waals surface area contributed by atoms with Crippen LogP contribution in [0.2, 0.25) is 0 Å². The van der Waals surface area contributed by atoms with Crippen LogP contribution in [0.4, 0.5) is 0 Å². The largest absolute Gasteiger partial charge is 0.480 e. The van der Waals surface area contributed by atoms with E-state index in [1.54, 1.807) is 4.90 Å². The number of carboxylic acids is 1. The number of nitrogens with one attached hydrogen (secondary N) is 1. The van der Waals surface area contributed by atoms with Crippen LogP contribution in [0.15, 0.2) is 0 Å². The number of hydrogen-bond acceptors (Lipinski definition) is 5. The molecule has 8 heteroatoms. The predicted octanol–water partition coefficient (Wildman–Crippen LogP) is -0.278. The number of sulfone groups is 1. The van der Waals surface area contributed by atoms with Gasteiger partial charge in [-0.2, -0.15) is 0 Å². The molecule has 0 aliphatic carbocycles. The molecule has 1 aliphatic rings. The van der Waals surface area contributed by atoms with Gasteiger partial charge in [-0.3, -0.25) is 9.59 Å². The molecule has 1 aliphatic heterocycles. The Morgan fingerprint density at radius 3 is 2.52 bits per heavy atom. The summed E-state index contributed by atoms with van der Waals surface area (Å²) in [6, 6.07) is 0. The molecule has 1 heterocycles. The molecular weight excluding hydrogens is 296 g/mol. The number of carboxylic acid groups (broad SMARTS) is 1. The number of carbonyl (C=O) groups excluding carboxylic acids is 1. The van der Waals surface area contributed by atoms with Crippen LogP contribution in [0.3, 0.4) is 0 Å². The van der Waals surface area contributed by atoms with Crippen LogP contribution in [0.25, 0.3) is 0 Å². The first-order valence-corrected chi connectivity index (χ1v) is 8.86. The maximum atomic E-state index is 12.4. The van der Waals surface area contributed by atoms with Crippen LogP contribution in [0.1, 0.15) is 26.7 Å². The Morgan fingerprint density at radius 2 is 2.00 bits per heavy atom. The summed E-state index contributed by atoms with van der Waals surface area (Å²) in [5.41, 5.74) is 0. The molecular formula is C13H24N2O5S. The second-order valence-electron chi connectivity index (χ2n) is 6.07. The van der Waals surface area contributed by atoms with Crippen LogP contribution >= 0.6 is 0 Å². The van der Waals surface area contributed by atoms with E-state index in [4.69, 9.17) is 5.11 Å². The van der Waals surface area contributed by atoms with Gasteiger partial charge >= 0.3 is 5.97 Å². The Morgan fingerprint density at radius 1 is 1.38 bits per heavy atom. The Labute approximate surface area is 125 Å². The summed E-state index contributed by atoms with van der Waals surface area (Å²) in [5.74, 6) is -1.15. The van der Waals surface area contributed by atoms with Crippen molar-refractivity contribution in [2.75, 3.05) is 32.4 Å². The highest BCUT2D eigenvalue weighted by molar-refractivity contribution is 7.92. The predicted molar refractivity (Wildman–Crippen MR) is 78.7 cm³/mol. The number of aliphatic carboxylic acids is 1. The number of piperidine rings is 1. The highest BCUT2D eigenvalue weighted by Gasteiger charge is 2.42. The van der Waals surface area contributed by atoms with Crippen molar-refractivity contribution in [2.24, 2.45) is 5.92 Å². The number of hydrogen-bond donors (Lipinski definition) is 2. The molecule has 0 aromatic heterocycles. The molecule has 0 aromatic rings. The van der Waals surface area contributed by atoms with E-state index in [2.05, 4.69) is 5.32 Å². The van der Waals surface area contributed by atoms with Crippen molar-refractivity contribution in [1.82, 2.24) is 10.2 Å². The monoisotopic (exact) mass is 320 g/mol. The Hall–Kier alpha value is -1.15. The van der Waals surface area contributed by atoms with Gasteiger partial charge in [-0.05, 0) is 32.6 Å². The third-order valence-corrected chi connectivity index (χ3v) is 5.99. The van der Waals surface area contributed by atoms with Crippen molar-refractivity contribution >= 4 is 21.7 Å². The van der Waals surface area contributed by atoms with Crippen LogP contribution in [0, 0.1) is 5.92 Å². The maximum absolute atomic E-state index is 12.4. The highest BCUT2D eigenvalue weighted by Crippen LogP contribution is 2.23. The number of rotatable bonds is 6. The van der Waals surface area contributed by atoms with Crippen molar-refractivity contribution in [1.29, 1.82) is 0 Å². The lowest BCUT2D eigenvalue weighted by atomic mass is 9.97. The second kappa shape index (κ2) is 6.74. The number of likely N-dealkylation sites (tertiary alicyclic amines) is 1. The molecule has 1 unspecified atom stereocenters. The number of amides is 1. The van der Waals surface area contributed by atoms with Crippen molar-refractivity contribution in [2.45, 2.75) is 31.4 Å². The quantitative estimate of drug-likeness (QED) is 0.698. The summed E-state index contributed by atoms with van der Waals surface area (Å²) in [7, 11) is -3.48. The number of nitrogens with zero attached hydrogens (tertiary/aromatic N) is 1. The Kier molecular flexibility index (Phi) is 5.75. The zero-order valence-electron chi connectivity index (χ0n) is 12.8. The van der Waals surface area contributed by atoms with Gasteiger partial charge in [0.1, 0.15) is 4.75 Å². The highest BCUT2D eigenvalue weighted by atomic mass is 32.2. The molecule has 0 spiro atoms. The lowest BCUT2D eigenvalue weighted by Crippen LogP contribution is -2.53. The van der Waals surface area contributed by atoms with Gasteiger partial charge in [-0.25, -0.2) is 8.42 Å². The van der Waals surface area contributed by atoms with Gasteiger partial charge in [0, 0.05) is 25.9 Å². The second-order valence-corrected chi connectivity index (χ2v) is 8.63. The Bertz CT molecular complexity index is 501. The minimum atomic E-state index is -3.48. The summed E-state index contributed by atoms with van der Waals surface area (Å²) >= 11 is 0. The molecule has 7 nitrogen and oxygen atoms in total. The first-order valence-electron chi connectivity index (χ1n) is 6.97. The average Bonchev–Trinajstić information content (AvgIpc) is 2.36. The average molecular weight is 320 g/mol. The molecule has 1 fully saturated rings. The first kappa shape index (κ1) is 17.9. The molecule has 1 rings (SSSR count). The minimum absolute atomic E-state index is 0.112. The summed E-state index contributed by atoms with van der Waals surface area (Å²) < 4.78 is 22.1. The van der Waals surface area contributed by atoms with E-state index in [1.165, 1.54) is 13.8 Å². The fraction of sp³-hybridized carbons (Fsp3) is 0.846. The van der Waals surface area contributed by atoms with Crippen molar-refractivity contribution in [3.8, 4) is 0 Å². The van der Waals surface area contributed by atoms with Crippen LogP contribution in [-0.2, 0) is 19.4 Å². The molecule has 0 bridgehead atoms. The summed E-state index contributed by atoms with van der Waals surface area (Å²) in [4.78, 5) is 24.5. The summed E-state index contributed by atoms with van der Waals surface area (Å²) in [6.45, 7) is 4.26. The van der Waals surface area contributed by atoms with Gasteiger partial charge in [0.2, 0.25) is 5.91 Å². The van der Waals surface area contributed by atoms with E-state index in [1.807, 2.05) is 0 Å². The van der Waals surface area contributed by atoms with Gasteiger partial charge in [-0.15, -0.1) is 0 Å². The maximum Gasteiger partial charge on any atom is 0.317 e. The van der Waals surface area contributed by atoms with Gasteiger partial charge < -0.3 is 15.3 Å². The molecule has 1 saturated heterocycles. The zero-order chi connectivity index (χ0) is 16.3. The van der Waals surface area contributed by atoms with Crippen LogP contribution in [-0.4, -0.2) is 67.5 Å². The van der Waals surface area contributed by atoms with Crippen LogP contribution in [0.5, 0.6) is 0 Å². The SMILES string of the molecule is CC(C)(C(=O)N1CCCC(CNCC(=O)O)C1)S(C)(=O)=O. The third-order valence-electron chi connectivity index (χ3n) is 3.96. The van der Waals surface area contributed by atoms with Gasteiger partial charge in [0.15, 0.2) is 9.84 Å². The van der Waals surface area contributed by atoms with Crippen molar-refractivity contribution in [3.05, 3.63) is 0 Å². The van der Waals surface area contributed by atoms with Crippen LogP contribution < -0.4 is 5.32 Å². The standard InChI is InChI=1S/C13H24N2O5S/c1-13(2,21(3,19)20)12(18)15-6-4-5-10(9-15)7-14-8-11(16)17/h10,14H,4-9H2,1-3H3,(H,16,17). The van der Waals surface area contributed by atoms with E-state index in [9.17, 15) is 18.0 Å². The van der Waals surface area contributed by atoms with E-state index >= 15 is 0 Å². The molecule has 0 aromatic carbocycles. The molecule has 1 amide bonds. The van der Waals surface area contributed by atoms with E-state index in [0.29, 0.717) is 19.6 Å². The lowest BCUT2D eigenvalue weighted by Gasteiger charge is -2.37. The van der Waals surface area contributed by atoms with E-state index in [-0.39, 0.29) is 18.4 Å². The normalized spacial score (nSPS) is 20.3. The lowest BCUT2D eigenvalue weighted by molar-refractivity contribution is -0.137. The van der Waals surface area contributed by atoms with Gasteiger partial charge in [0.25, 0.3) is 0 Å². The number of carbonyl (C=O) groups is 2. The molecule has 0 radical (unpaired) electrons. The van der Waals surface area contributed by atoms with Gasteiger partial charge in [0.05, 0.1) is 6.54 Å². The first-order chi connectivity index (χ1) is 9.55. The van der Waals surface area contributed by atoms with Crippen molar-refractivity contribution < 1.29 is 23.1 Å². The van der Waals surface area contributed by atoms with Crippen molar-refractivity contribution in [3.63, 3.8) is 0 Å². The molecule has 1 atom stereocenters. The molecule has 122 valence electrons. The third kappa shape index (κ3) is 4.67. The van der Waals surface area contributed by atoms with E-state index < -0.39 is 20.6 Å². The van der Waals surface area contributed by atoms with Gasteiger partial charge in [-0.1, -0.05) is 0 Å². The zero-order valence-corrected chi connectivity index (χ0v) is 13.6. The smallest absolute Gasteiger partial charge is 0.317 e.